The first kappa shape index (κ1) is 17.8. The lowest BCUT2D eigenvalue weighted by Crippen LogP contribution is -2.51. The zero-order valence-corrected chi connectivity index (χ0v) is 15.1. The van der Waals surface area contributed by atoms with Gasteiger partial charge in [0.15, 0.2) is 5.96 Å². The summed E-state index contributed by atoms with van der Waals surface area (Å²) in [6.07, 6.45) is 0. The predicted molar refractivity (Wildman–Crippen MR) is 101 cm³/mol. The molecule has 2 aliphatic rings. The molecular formula is C17H25ClN6O. The highest BCUT2D eigenvalue weighted by Crippen LogP contribution is 2.19. The lowest BCUT2D eigenvalue weighted by molar-refractivity contribution is -0.124. The second kappa shape index (κ2) is 8.40. The van der Waals surface area contributed by atoms with Crippen molar-refractivity contribution in [1.82, 2.24) is 15.1 Å². The SMILES string of the molecule is NC(=NCCN1CCNC(=O)C1)N1CCN(c2ccc(Cl)cc2)CC1. The van der Waals surface area contributed by atoms with E-state index < -0.39 is 0 Å². The zero-order valence-electron chi connectivity index (χ0n) is 14.3. The van der Waals surface area contributed by atoms with Crippen molar-refractivity contribution in [3.05, 3.63) is 29.3 Å². The van der Waals surface area contributed by atoms with Crippen molar-refractivity contribution >= 4 is 29.2 Å². The number of guanidine groups is 1. The Morgan fingerprint density at radius 1 is 1.16 bits per heavy atom. The van der Waals surface area contributed by atoms with Gasteiger partial charge in [-0.1, -0.05) is 11.6 Å². The molecule has 1 aromatic carbocycles. The van der Waals surface area contributed by atoms with Gasteiger partial charge in [-0.25, -0.2) is 0 Å². The molecule has 0 bridgehead atoms. The minimum atomic E-state index is 0.0847. The predicted octanol–water partition coefficient (Wildman–Crippen LogP) is 0.209. The molecule has 7 nitrogen and oxygen atoms in total. The highest BCUT2D eigenvalue weighted by Gasteiger charge is 2.19. The second-order valence-electron chi connectivity index (χ2n) is 6.32. The van der Waals surface area contributed by atoms with Crippen LogP contribution in [-0.4, -0.2) is 80.6 Å². The summed E-state index contributed by atoms with van der Waals surface area (Å²) in [5.41, 5.74) is 7.32. The van der Waals surface area contributed by atoms with Gasteiger partial charge in [0.05, 0.1) is 13.1 Å². The molecule has 0 aromatic heterocycles. The monoisotopic (exact) mass is 364 g/mol. The summed E-state index contributed by atoms with van der Waals surface area (Å²) in [5.74, 6) is 0.679. The zero-order chi connectivity index (χ0) is 17.6. The van der Waals surface area contributed by atoms with E-state index in [1.165, 1.54) is 5.69 Å². The van der Waals surface area contributed by atoms with Gasteiger partial charge in [0.1, 0.15) is 0 Å². The number of hydrogen-bond donors (Lipinski definition) is 2. The number of piperazine rings is 2. The van der Waals surface area contributed by atoms with Gasteiger partial charge in [0.25, 0.3) is 0 Å². The Kier molecular flexibility index (Phi) is 5.99. The van der Waals surface area contributed by atoms with Crippen molar-refractivity contribution in [2.24, 2.45) is 10.7 Å². The molecule has 3 rings (SSSR count). The normalized spacial score (nSPS) is 19.9. The van der Waals surface area contributed by atoms with Crippen molar-refractivity contribution in [2.45, 2.75) is 0 Å². The van der Waals surface area contributed by atoms with Crippen LogP contribution in [0.25, 0.3) is 0 Å². The minimum absolute atomic E-state index is 0.0847. The maximum atomic E-state index is 11.4. The van der Waals surface area contributed by atoms with E-state index in [1.807, 2.05) is 24.3 Å². The molecule has 0 unspecified atom stereocenters. The van der Waals surface area contributed by atoms with Crippen LogP contribution in [0.4, 0.5) is 5.69 Å². The number of amides is 1. The third-order valence-corrected chi connectivity index (χ3v) is 4.85. The maximum absolute atomic E-state index is 11.4. The van der Waals surface area contributed by atoms with E-state index >= 15 is 0 Å². The van der Waals surface area contributed by atoms with Crippen LogP contribution in [0.1, 0.15) is 0 Å². The largest absolute Gasteiger partial charge is 0.370 e. The molecule has 2 fully saturated rings. The highest BCUT2D eigenvalue weighted by atomic mass is 35.5. The summed E-state index contributed by atoms with van der Waals surface area (Å²) in [5, 5.41) is 3.58. The highest BCUT2D eigenvalue weighted by molar-refractivity contribution is 6.30. The Morgan fingerprint density at radius 3 is 2.56 bits per heavy atom. The molecule has 3 N–H and O–H groups in total. The number of nitrogens with two attached hydrogens (primary N) is 1. The fraction of sp³-hybridized carbons (Fsp3) is 0.529. The van der Waals surface area contributed by atoms with E-state index in [0.29, 0.717) is 25.6 Å². The number of nitrogens with zero attached hydrogens (tertiary/aromatic N) is 4. The molecule has 136 valence electrons. The lowest BCUT2D eigenvalue weighted by atomic mass is 10.2. The summed E-state index contributed by atoms with van der Waals surface area (Å²) in [6.45, 7) is 6.94. The van der Waals surface area contributed by atoms with Gasteiger partial charge in [0.2, 0.25) is 5.91 Å². The summed E-state index contributed by atoms with van der Waals surface area (Å²) >= 11 is 5.94. The van der Waals surface area contributed by atoms with Crippen LogP contribution in [0.3, 0.4) is 0 Å². The van der Waals surface area contributed by atoms with Gasteiger partial charge in [-0.15, -0.1) is 0 Å². The van der Waals surface area contributed by atoms with Gasteiger partial charge >= 0.3 is 0 Å². The van der Waals surface area contributed by atoms with Crippen molar-refractivity contribution < 1.29 is 4.79 Å². The third-order valence-electron chi connectivity index (χ3n) is 4.60. The van der Waals surface area contributed by atoms with Crippen LogP contribution < -0.4 is 16.0 Å². The number of halogens is 1. The summed E-state index contributed by atoms with van der Waals surface area (Å²) in [4.78, 5) is 22.4. The van der Waals surface area contributed by atoms with Gasteiger partial charge in [-0.3, -0.25) is 14.7 Å². The molecule has 25 heavy (non-hydrogen) atoms. The molecule has 8 heteroatoms. The van der Waals surface area contributed by atoms with Crippen LogP contribution in [0.15, 0.2) is 29.3 Å². The van der Waals surface area contributed by atoms with E-state index in [0.717, 1.165) is 44.3 Å². The summed E-state index contributed by atoms with van der Waals surface area (Å²) in [6, 6.07) is 7.92. The topological polar surface area (TPSA) is 77.2 Å². The number of rotatable bonds is 4. The Hall–Kier alpha value is -1.99. The van der Waals surface area contributed by atoms with Gasteiger partial charge in [-0.05, 0) is 24.3 Å². The summed E-state index contributed by atoms with van der Waals surface area (Å²) < 4.78 is 0. The van der Waals surface area contributed by atoms with Crippen molar-refractivity contribution in [3.63, 3.8) is 0 Å². The number of carbonyl (C=O) groups excluding carboxylic acids is 1. The lowest BCUT2D eigenvalue weighted by Gasteiger charge is -2.36. The van der Waals surface area contributed by atoms with Gasteiger partial charge < -0.3 is 20.9 Å². The van der Waals surface area contributed by atoms with Gasteiger partial charge in [-0.2, -0.15) is 0 Å². The van der Waals surface area contributed by atoms with Crippen molar-refractivity contribution in [2.75, 3.05) is 63.8 Å². The number of carbonyl (C=O) groups is 1. The Labute approximate surface area is 153 Å². The van der Waals surface area contributed by atoms with Crippen molar-refractivity contribution in [1.29, 1.82) is 0 Å². The van der Waals surface area contributed by atoms with Crippen LogP contribution in [0, 0.1) is 0 Å². The average Bonchev–Trinajstić information content (AvgIpc) is 2.62. The second-order valence-corrected chi connectivity index (χ2v) is 6.75. The Morgan fingerprint density at radius 2 is 1.88 bits per heavy atom. The van der Waals surface area contributed by atoms with Gasteiger partial charge in [0, 0.05) is 56.5 Å². The molecular weight excluding hydrogens is 340 g/mol. The molecule has 0 saturated carbocycles. The van der Waals surface area contributed by atoms with E-state index in [9.17, 15) is 4.79 Å². The number of hydrogen-bond acceptors (Lipinski definition) is 4. The number of aliphatic imine (C=N–C) groups is 1. The first-order valence-corrected chi connectivity index (χ1v) is 9.04. The third kappa shape index (κ3) is 4.99. The first-order valence-electron chi connectivity index (χ1n) is 8.66. The molecule has 0 aliphatic carbocycles. The Bertz CT molecular complexity index is 612. The smallest absolute Gasteiger partial charge is 0.234 e. The van der Waals surface area contributed by atoms with Crippen LogP contribution in [0.5, 0.6) is 0 Å². The molecule has 2 saturated heterocycles. The average molecular weight is 365 g/mol. The van der Waals surface area contributed by atoms with Crippen LogP contribution in [0.2, 0.25) is 5.02 Å². The molecule has 0 spiro atoms. The number of benzene rings is 1. The van der Waals surface area contributed by atoms with E-state index in [1.54, 1.807) is 0 Å². The maximum Gasteiger partial charge on any atom is 0.234 e. The molecule has 0 radical (unpaired) electrons. The van der Waals surface area contributed by atoms with Crippen molar-refractivity contribution in [3.8, 4) is 0 Å². The van der Waals surface area contributed by atoms with Crippen LogP contribution in [-0.2, 0) is 4.79 Å². The Balaban J connectivity index is 1.43. The minimum Gasteiger partial charge on any atom is -0.370 e. The van der Waals surface area contributed by atoms with Crippen LogP contribution >= 0.6 is 11.6 Å². The quantitative estimate of drug-likeness (QED) is 0.590. The fourth-order valence-corrected chi connectivity index (χ4v) is 3.26. The number of anilines is 1. The fourth-order valence-electron chi connectivity index (χ4n) is 3.13. The molecule has 2 heterocycles. The molecule has 2 aliphatic heterocycles. The van der Waals surface area contributed by atoms with E-state index in [2.05, 4.69) is 25.0 Å². The van der Waals surface area contributed by atoms with E-state index in [-0.39, 0.29) is 5.91 Å². The molecule has 1 aromatic rings. The summed E-state index contributed by atoms with van der Waals surface area (Å²) in [7, 11) is 0. The van der Waals surface area contributed by atoms with E-state index in [4.69, 9.17) is 17.3 Å². The molecule has 1 amide bonds. The standard InChI is InChI=1S/C17H25ClN6O/c18-14-1-3-15(4-2-14)23-9-11-24(12-10-23)17(19)21-6-8-22-7-5-20-16(25)13-22/h1-4H,5-13H2,(H2,19,21)(H,20,25). The first-order chi connectivity index (χ1) is 12.1. The molecule has 0 atom stereocenters. The number of nitrogens with one attached hydrogen (secondary N) is 1.